The molecule has 0 unspecified atom stereocenters. The monoisotopic (exact) mass is 577 g/mol. The smallest absolute Gasteiger partial charge is 0.420 e. The molecule has 3 aromatic rings. The fraction of sp³-hybridized carbons (Fsp3) is 0.462. The maximum absolute atomic E-state index is 14.0. The highest BCUT2D eigenvalue weighted by atomic mass is 32.2. The first kappa shape index (κ1) is 25.1. The number of sulfone groups is 1. The highest BCUT2D eigenvalue weighted by Gasteiger charge is 2.39. The fourth-order valence-corrected chi connectivity index (χ4v) is 8.56. The van der Waals surface area contributed by atoms with Crippen molar-refractivity contribution < 1.29 is 26.3 Å². The summed E-state index contributed by atoms with van der Waals surface area (Å²) in [5.41, 5.74) is 1.63. The molecule has 0 spiro atoms. The van der Waals surface area contributed by atoms with E-state index in [1.54, 1.807) is 0 Å². The molecule has 8 nitrogen and oxygen atoms in total. The van der Waals surface area contributed by atoms with E-state index in [2.05, 4.69) is 31.6 Å². The van der Waals surface area contributed by atoms with Crippen molar-refractivity contribution in [1.82, 2.24) is 15.3 Å². The number of aromatic nitrogens is 2. The van der Waals surface area contributed by atoms with Crippen LogP contribution in [-0.2, 0) is 16.0 Å². The van der Waals surface area contributed by atoms with Crippen LogP contribution >= 0.6 is 11.3 Å². The summed E-state index contributed by atoms with van der Waals surface area (Å²) in [7, 11) is -3.66. The molecule has 2 bridgehead atoms. The Labute approximate surface area is 227 Å². The van der Waals surface area contributed by atoms with Gasteiger partial charge in [-0.3, -0.25) is 0 Å². The van der Waals surface area contributed by atoms with Crippen molar-refractivity contribution in [2.45, 2.75) is 54.8 Å². The van der Waals surface area contributed by atoms with Crippen molar-refractivity contribution in [2.24, 2.45) is 0 Å². The third-order valence-electron chi connectivity index (χ3n) is 7.81. The van der Waals surface area contributed by atoms with Gasteiger partial charge in [-0.25, -0.2) is 18.4 Å². The lowest BCUT2D eigenvalue weighted by Crippen LogP contribution is -2.43. The molecule has 39 heavy (non-hydrogen) atoms. The number of thiophene rings is 1. The molecule has 5 heterocycles. The van der Waals surface area contributed by atoms with Crippen LogP contribution in [-0.4, -0.2) is 55.9 Å². The molecule has 2 aromatic heterocycles. The van der Waals surface area contributed by atoms with Crippen molar-refractivity contribution in [3.05, 3.63) is 41.6 Å². The average Bonchev–Trinajstić information content (AvgIpc) is 3.34. The van der Waals surface area contributed by atoms with Gasteiger partial charge >= 0.3 is 6.18 Å². The Morgan fingerprint density at radius 3 is 2.77 bits per heavy atom. The van der Waals surface area contributed by atoms with Crippen molar-refractivity contribution in [2.75, 3.05) is 35.7 Å². The van der Waals surface area contributed by atoms with Crippen molar-refractivity contribution in [3.8, 4) is 15.6 Å². The molecule has 4 aliphatic rings. The predicted molar refractivity (Wildman–Crippen MR) is 142 cm³/mol. The molecule has 1 aliphatic carbocycles. The lowest BCUT2D eigenvalue weighted by molar-refractivity contribution is -0.137. The summed E-state index contributed by atoms with van der Waals surface area (Å²) in [5, 5.41) is 6.77. The van der Waals surface area contributed by atoms with Gasteiger partial charge in [-0.05, 0) is 61.4 Å². The molecule has 0 amide bonds. The van der Waals surface area contributed by atoms with Crippen LogP contribution in [0.4, 0.5) is 30.5 Å². The number of nitrogens with one attached hydrogen (secondary N) is 2. The Hall–Kier alpha value is -2.90. The standard InChI is InChI=1S/C26H26F3N5O3S2/c27-26(28,29)19-12-31-25(33-23(19)21-10-22-24(38-21)37-6-1-7-39(22,35)36)32-20-5-4-16(9-18(20)14-2-3-14)34-13-15-8-17(34)11-30-15/h4-5,9-10,12,14-15,17,30H,1-3,6-8,11,13H2,(H,31,32,33)/t15-,17-/m1/s1. The number of halogens is 3. The van der Waals surface area contributed by atoms with Crippen molar-refractivity contribution >= 4 is 38.5 Å². The second kappa shape index (κ2) is 9.07. The van der Waals surface area contributed by atoms with Gasteiger partial charge in [0, 0.05) is 42.7 Å². The largest absolute Gasteiger partial charge is 0.483 e. The van der Waals surface area contributed by atoms with E-state index in [-0.39, 0.29) is 38.8 Å². The van der Waals surface area contributed by atoms with Crippen molar-refractivity contribution in [1.29, 1.82) is 0 Å². The first-order valence-corrected chi connectivity index (χ1v) is 15.5. The van der Waals surface area contributed by atoms with Crippen LogP contribution < -0.4 is 20.3 Å². The number of benzene rings is 1. The molecule has 3 fully saturated rings. The highest BCUT2D eigenvalue weighted by Crippen LogP contribution is 2.47. The van der Waals surface area contributed by atoms with Gasteiger partial charge in [0.25, 0.3) is 0 Å². The Balaban J connectivity index is 1.25. The summed E-state index contributed by atoms with van der Waals surface area (Å²) in [4.78, 5) is 10.7. The lowest BCUT2D eigenvalue weighted by atomic mass is 10.1. The molecule has 2 N–H and O–H groups in total. The van der Waals surface area contributed by atoms with Gasteiger partial charge in [0.05, 0.1) is 22.9 Å². The van der Waals surface area contributed by atoms with Gasteiger partial charge in [0.15, 0.2) is 14.9 Å². The number of nitrogens with zero attached hydrogens (tertiary/aromatic N) is 3. The molecule has 2 atom stereocenters. The van der Waals surface area contributed by atoms with E-state index in [1.807, 2.05) is 12.1 Å². The lowest BCUT2D eigenvalue weighted by Gasteiger charge is -2.30. The number of rotatable bonds is 5. The number of alkyl halides is 3. The zero-order chi connectivity index (χ0) is 26.9. The third-order valence-corrected chi connectivity index (χ3v) is 10.8. The fourth-order valence-electron chi connectivity index (χ4n) is 5.72. The summed E-state index contributed by atoms with van der Waals surface area (Å²) in [6.07, 6.45) is -0.393. The molecule has 7 rings (SSSR count). The molecule has 0 radical (unpaired) electrons. The van der Waals surface area contributed by atoms with Gasteiger partial charge in [-0.15, -0.1) is 0 Å². The molecule has 13 heteroatoms. The Morgan fingerprint density at radius 1 is 1.21 bits per heavy atom. The summed E-state index contributed by atoms with van der Waals surface area (Å²) < 4.78 is 72.8. The minimum absolute atomic E-state index is 0.0180. The van der Waals surface area contributed by atoms with Gasteiger partial charge in [-0.1, -0.05) is 11.3 Å². The molecule has 1 aromatic carbocycles. The van der Waals surface area contributed by atoms with E-state index in [9.17, 15) is 21.6 Å². The first-order valence-electron chi connectivity index (χ1n) is 13.0. The van der Waals surface area contributed by atoms with E-state index in [1.165, 1.54) is 6.07 Å². The number of fused-ring (bicyclic) bond motifs is 3. The summed E-state index contributed by atoms with van der Waals surface area (Å²) >= 11 is 0.859. The number of hydrogen-bond acceptors (Lipinski definition) is 9. The number of hydrogen-bond donors (Lipinski definition) is 2. The molecule has 206 valence electrons. The first-order chi connectivity index (χ1) is 18.7. The second-order valence-corrected chi connectivity index (χ2v) is 13.6. The molecular formula is C26H26F3N5O3S2. The van der Waals surface area contributed by atoms with Crippen LogP contribution in [0.1, 0.15) is 42.7 Å². The topological polar surface area (TPSA) is 96.5 Å². The van der Waals surface area contributed by atoms with E-state index in [0.717, 1.165) is 66.8 Å². The number of ether oxygens (including phenoxy) is 1. The number of piperazine rings is 1. The van der Waals surface area contributed by atoms with E-state index >= 15 is 0 Å². The van der Waals surface area contributed by atoms with Gasteiger partial charge in [-0.2, -0.15) is 13.2 Å². The SMILES string of the molecule is O=S1(=O)CCCOc2sc(-c3nc(Nc4ccc(N5C[C@H]6C[C@@H]5CN6)cc4C4CC4)ncc3C(F)(F)F)cc21. The van der Waals surface area contributed by atoms with Crippen molar-refractivity contribution in [3.63, 3.8) is 0 Å². The minimum Gasteiger partial charge on any atom is -0.483 e. The van der Waals surface area contributed by atoms with Crippen LogP contribution in [0.3, 0.4) is 0 Å². The number of anilines is 3. The third kappa shape index (κ3) is 4.63. The average molecular weight is 578 g/mol. The Morgan fingerprint density at radius 2 is 2.05 bits per heavy atom. The molecule has 1 saturated carbocycles. The van der Waals surface area contributed by atoms with E-state index in [0.29, 0.717) is 24.4 Å². The minimum atomic E-state index is -4.72. The summed E-state index contributed by atoms with van der Waals surface area (Å²) in [6, 6.07) is 8.42. The predicted octanol–water partition coefficient (Wildman–Crippen LogP) is 4.95. The van der Waals surface area contributed by atoms with Crippen LogP contribution in [0.2, 0.25) is 0 Å². The zero-order valence-electron chi connectivity index (χ0n) is 20.8. The van der Waals surface area contributed by atoms with E-state index in [4.69, 9.17) is 4.74 Å². The highest BCUT2D eigenvalue weighted by molar-refractivity contribution is 7.91. The van der Waals surface area contributed by atoms with E-state index < -0.39 is 21.6 Å². The molecular weight excluding hydrogens is 551 g/mol. The molecule has 2 saturated heterocycles. The van der Waals surface area contributed by atoms with Crippen LogP contribution in [0, 0.1) is 0 Å². The Kier molecular flexibility index (Phi) is 5.83. The van der Waals surface area contributed by atoms with Gasteiger partial charge < -0.3 is 20.3 Å². The Bertz CT molecular complexity index is 1550. The summed E-state index contributed by atoms with van der Waals surface area (Å²) in [6.45, 7) is 2.13. The maximum atomic E-state index is 14.0. The summed E-state index contributed by atoms with van der Waals surface area (Å²) in [5.74, 6) is 0.285. The van der Waals surface area contributed by atoms with Gasteiger partial charge in [0.1, 0.15) is 10.5 Å². The zero-order valence-corrected chi connectivity index (χ0v) is 22.4. The second-order valence-electron chi connectivity index (χ2n) is 10.6. The maximum Gasteiger partial charge on any atom is 0.420 e. The van der Waals surface area contributed by atoms with Gasteiger partial charge in [0.2, 0.25) is 5.95 Å². The normalized spacial score (nSPS) is 23.8. The van der Waals surface area contributed by atoms with Crippen LogP contribution in [0.5, 0.6) is 5.06 Å². The van der Waals surface area contributed by atoms with Crippen LogP contribution in [0.25, 0.3) is 10.6 Å². The van der Waals surface area contributed by atoms with Crippen LogP contribution in [0.15, 0.2) is 35.4 Å². The molecule has 3 aliphatic heterocycles. The quantitative estimate of drug-likeness (QED) is 0.440.